The maximum atomic E-state index is 13.1. The number of amides is 1. The lowest BCUT2D eigenvalue weighted by atomic mass is 10.1. The Labute approximate surface area is 199 Å². The highest BCUT2D eigenvalue weighted by atomic mass is 32.2. The lowest BCUT2D eigenvalue weighted by molar-refractivity contribution is -0.112. The van der Waals surface area contributed by atoms with E-state index in [1.807, 2.05) is 6.07 Å². The number of rotatable bonds is 9. The number of nitrogens with zero attached hydrogens (tertiary/aromatic N) is 3. The van der Waals surface area contributed by atoms with Crippen molar-refractivity contribution in [1.82, 2.24) is 9.36 Å². The maximum absolute atomic E-state index is 13.1. The lowest BCUT2D eigenvalue weighted by Gasteiger charge is -2.13. The van der Waals surface area contributed by atoms with Crippen LogP contribution in [0.2, 0.25) is 0 Å². The Morgan fingerprint density at radius 1 is 1.21 bits per heavy atom. The van der Waals surface area contributed by atoms with E-state index in [0.717, 1.165) is 11.8 Å². The van der Waals surface area contributed by atoms with Crippen molar-refractivity contribution in [3.63, 3.8) is 0 Å². The van der Waals surface area contributed by atoms with Gasteiger partial charge < -0.3 is 9.47 Å². The number of carbonyl (C=O) groups excluding carboxylic acids is 1. The first kappa shape index (κ1) is 24.8. The summed E-state index contributed by atoms with van der Waals surface area (Å²) >= 11 is 0.688. The average Bonchev–Trinajstić information content (AvgIpc) is 3.27. The second-order valence-electron chi connectivity index (χ2n) is 6.83. The SMILES string of the molecule is CCOc1cc(/C=C(/C#N)C(=O)Nc2nc(S(C)(=O)=O)ns2)ccc1OCc1ccc(F)cc1. The van der Waals surface area contributed by atoms with Gasteiger partial charge in [-0.25, -0.2) is 12.8 Å². The summed E-state index contributed by atoms with van der Waals surface area (Å²) in [5, 5.41) is 11.3. The van der Waals surface area contributed by atoms with Gasteiger partial charge in [-0.05, 0) is 48.4 Å². The summed E-state index contributed by atoms with van der Waals surface area (Å²) in [4.78, 5) is 16.2. The number of nitrogens with one attached hydrogen (secondary N) is 1. The predicted octanol–water partition coefficient (Wildman–Crippen LogP) is 3.60. The number of aromatic nitrogens is 2. The van der Waals surface area contributed by atoms with Crippen LogP contribution in [0.3, 0.4) is 0 Å². The Morgan fingerprint density at radius 3 is 2.56 bits per heavy atom. The summed E-state index contributed by atoms with van der Waals surface area (Å²) in [5.74, 6) is -0.270. The molecule has 9 nitrogen and oxygen atoms in total. The molecule has 176 valence electrons. The van der Waals surface area contributed by atoms with Gasteiger partial charge in [0.25, 0.3) is 11.1 Å². The number of halogens is 1. The fourth-order valence-corrected chi connectivity index (χ4v) is 4.07. The van der Waals surface area contributed by atoms with Gasteiger partial charge in [-0.2, -0.15) is 14.6 Å². The second-order valence-corrected chi connectivity index (χ2v) is 9.49. The first-order valence-corrected chi connectivity index (χ1v) is 12.5. The third-order valence-corrected chi connectivity index (χ3v) is 5.80. The number of sulfone groups is 1. The largest absolute Gasteiger partial charge is 0.490 e. The summed E-state index contributed by atoms with van der Waals surface area (Å²) in [6.07, 6.45) is 2.30. The third-order valence-electron chi connectivity index (χ3n) is 4.21. The molecule has 0 saturated carbocycles. The molecule has 0 unspecified atom stereocenters. The highest BCUT2D eigenvalue weighted by Gasteiger charge is 2.18. The highest BCUT2D eigenvalue weighted by Crippen LogP contribution is 2.30. The second kappa shape index (κ2) is 10.9. The summed E-state index contributed by atoms with van der Waals surface area (Å²) in [6.45, 7) is 2.34. The number of hydrogen-bond donors (Lipinski definition) is 1. The standard InChI is InChI=1S/C22H19FN4O5S2/c1-3-31-19-11-15(6-9-18(19)32-13-14-4-7-17(23)8-5-14)10-16(12-24)20(28)25-21-26-22(27-33-21)34(2,29)30/h4-11H,3,13H2,1-2H3,(H,25,26,27,28)/b16-10-. The van der Waals surface area contributed by atoms with Gasteiger partial charge in [0.2, 0.25) is 15.0 Å². The number of carbonyl (C=O) groups is 1. The Bertz CT molecular complexity index is 1360. The molecule has 0 atom stereocenters. The quantitative estimate of drug-likeness (QED) is 0.347. The van der Waals surface area contributed by atoms with Crippen LogP contribution in [0.1, 0.15) is 18.1 Å². The first-order valence-electron chi connectivity index (χ1n) is 9.80. The molecule has 0 aliphatic carbocycles. The van der Waals surface area contributed by atoms with Crippen molar-refractivity contribution >= 4 is 38.5 Å². The zero-order chi connectivity index (χ0) is 24.7. The molecule has 1 heterocycles. The molecule has 0 aliphatic rings. The molecule has 1 amide bonds. The van der Waals surface area contributed by atoms with Crippen LogP contribution in [0.25, 0.3) is 6.08 Å². The predicted molar refractivity (Wildman–Crippen MR) is 124 cm³/mol. The van der Waals surface area contributed by atoms with Crippen LogP contribution >= 0.6 is 11.5 Å². The van der Waals surface area contributed by atoms with E-state index in [2.05, 4.69) is 14.7 Å². The molecular formula is C22H19FN4O5S2. The molecule has 0 bridgehead atoms. The summed E-state index contributed by atoms with van der Waals surface area (Å²) in [5.41, 5.74) is 1.03. The number of benzene rings is 2. The van der Waals surface area contributed by atoms with Crippen LogP contribution in [0.5, 0.6) is 11.5 Å². The minimum absolute atomic E-state index is 0.0499. The minimum Gasteiger partial charge on any atom is -0.490 e. The van der Waals surface area contributed by atoms with Crippen molar-refractivity contribution in [3.05, 3.63) is 65.0 Å². The summed E-state index contributed by atoms with van der Waals surface area (Å²) in [7, 11) is -3.62. The van der Waals surface area contributed by atoms with E-state index in [-0.39, 0.29) is 23.1 Å². The van der Waals surface area contributed by atoms with Crippen LogP contribution < -0.4 is 14.8 Å². The van der Waals surface area contributed by atoms with Gasteiger partial charge in [0.15, 0.2) is 11.5 Å². The van der Waals surface area contributed by atoms with E-state index in [0.29, 0.717) is 35.2 Å². The number of hydrogen-bond acceptors (Lipinski definition) is 9. The van der Waals surface area contributed by atoms with Crippen molar-refractivity contribution in [3.8, 4) is 17.6 Å². The third kappa shape index (κ3) is 6.60. The van der Waals surface area contributed by atoms with Gasteiger partial charge in [-0.15, -0.1) is 0 Å². The smallest absolute Gasteiger partial charge is 0.268 e. The molecule has 3 aromatic rings. The Balaban J connectivity index is 1.77. The molecule has 1 aromatic heterocycles. The normalized spacial score (nSPS) is 11.5. The monoisotopic (exact) mass is 502 g/mol. The van der Waals surface area contributed by atoms with Crippen LogP contribution in [0.4, 0.5) is 9.52 Å². The average molecular weight is 503 g/mol. The molecular weight excluding hydrogens is 483 g/mol. The summed E-state index contributed by atoms with van der Waals surface area (Å²) in [6, 6.07) is 12.6. The van der Waals surface area contributed by atoms with E-state index in [4.69, 9.17) is 9.47 Å². The van der Waals surface area contributed by atoms with E-state index >= 15 is 0 Å². The van der Waals surface area contributed by atoms with Crippen LogP contribution in [-0.2, 0) is 21.2 Å². The Kier molecular flexibility index (Phi) is 7.93. The van der Waals surface area contributed by atoms with Crippen LogP contribution in [0, 0.1) is 17.1 Å². The molecule has 0 radical (unpaired) electrons. The van der Waals surface area contributed by atoms with Crippen molar-refractivity contribution in [2.75, 3.05) is 18.2 Å². The molecule has 2 aromatic carbocycles. The summed E-state index contributed by atoms with van der Waals surface area (Å²) < 4.78 is 51.1. The Morgan fingerprint density at radius 2 is 1.94 bits per heavy atom. The van der Waals surface area contributed by atoms with Gasteiger partial charge in [-0.1, -0.05) is 18.2 Å². The van der Waals surface area contributed by atoms with Gasteiger partial charge in [-0.3, -0.25) is 10.1 Å². The molecule has 0 fully saturated rings. The van der Waals surface area contributed by atoms with Gasteiger partial charge in [0.1, 0.15) is 24.1 Å². The first-order chi connectivity index (χ1) is 16.2. The maximum Gasteiger partial charge on any atom is 0.268 e. The van der Waals surface area contributed by atoms with Gasteiger partial charge in [0.05, 0.1) is 6.61 Å². The lowest BCUT2D eigenvalue weighted by Crippen LogP contribution is -2.13. The zero-order valence-corrected chi connectivity index (χ0v) is 19.7. The molecule has 0 spiro atoms. The van der Waals surface area contributed by atoms with E-state index in [1.165, 1.54) is 18.2 Å². The fraction of sp³-hybridized carbons (Fsp3) is 0.182. The molecule has 12 heteroatoms. The van der Waals surface area contributed by atoms with E-state index < -0.39 is 20.9 Å². The number of nitriles is 1. The molecule has 1 N–H and O–H groups in total. The molecule has 0 saturated heterocycles. The van der Waals surface area contributed by atoms with E-state index in [1.54, 1.807) is 37.3 Å². The molecule has 34 heavy (non-hydrogen) atoms. The van der Waals surface area contributed by atoms with E-state index in [9.17, 15) is 22.9 Å². The molecule has 0 aliphatic heterocycles. The van der Waals surface area contributed by atoms with Crippen molar-refractivity contribution in [2.24, 2.45) is 0 Å². The van der Waals surface area contributed by atoms with Crippen LogP contribution in [0.15, 0.2) is 53.2 Å². The minimum atomic E-state index is -3.62. The topological polar surface area (TPSA) is 131 Å². The van der Waals surface area contributed by atoms with Gasteiger partial charge in [0, 0.05) is 17.8 Å². The van der Waals surface area contributed by atoms with Crippen LogP contribution in [-0.4, -0.2) is 36.5 Å². The van der Waals surface area contributed by atoms with Crippen molar-refractivity contribution in [1.29, 1.82) is 5.26 Å². The zero-order valence-electron chi connectivity index (χ0n) is 18.1. The fourth-order valence-electron chi connectivity index (χ4n) is 2.63. The molecule has 3 rings (SSSR count). The number of anilines is 1. The van der Waals surface area contributed by atoms with Gasteiger partial charge >= 0.3 is 0 Å². The van der Waals surface area contributed by atoms with Crippen molar-refractivity contribution in [2.45, 2.75) is 18.7 Å². The van der Waals surface area contributed by atoms with Crippen molar-refractivity contribution < 1.29 is 27.1 Å². The number of ether oxygens (including phenoxy) is 2. The Hall–Kier alpha value is -3.82. The highest BCUT2D eigenvalue weighted by molar-refractivity contribution is 7.90.